The number of nitrogens with zero attached hydrogens (tertiary/aromatic N) is 1. The molecule has 0 spiro atoms. The zero-order chi connectivity index (χ0) is 15.5. The van der Waals surface area contributed by atoms with Crippen LogP contribution in [0, 0.1) is 5.82 Å². The molecule has 0 amide bonds. The van der Waals surface area contributed by atoms with Gasteiger partial charge in [0, 0.05) is 24.8 Å². The number of sulfonamides is 1. The van der Waals surface area contributed by atoms with Crippen molar-refractivity contribution in [1.29, 1.82) is 0 Å². The van der Waals surface area contributed by atoms with E-state index in [9.17, 15) is 12.8 Å². The maximum absolute atomic E-state index is 13.6. The summed E-state index contributed by atoms with van der Waals surface area (Å²) in [5.74, 6) is -0.622. The highest BCUT2D eigenvalue weighted by Crippen LogP contribution is 2.18. The van der Waals surface area contributed by atoms with Gasteiger partial charge in [0.25, 0.3) is 0 Å². The van der Waals surface area contributed by atoms with Crippen LogP contribution < -0.4 is 5.73 Å². The Morgan fingerprint density at radius 3 is 2.24 bits per heavy atom. The first-order valence-corrected chi connectivity index (χ1v) is 8.02. The number of hydrogen-bond donors (Lipinski definition) is 1. The fourth-order valence-corrected chi connectivity index (χ4v) is 3.15. The summed E-state index contributed by atoms with van der Waals surface area (Å²) in [6, 6.07) is 12.9. The predicted molar refractivity (Wildman–Crippen MR) is 81.3 cm³/mol. The molecule has 0 atom stereocenters. The lowest BCUT2D eigenvalue weighted by molar-refractivity contribution is 0.455. The second-order valence-electron chi connectivity index (χ2n) is 4.80. The van der Waals surface area contributed by atoms with E-state index >= 15 is 0 Å². The van der Waals surface area contributed by atoms with Gasteiger partial charge in [0.05, 0.1) is 5.75 Å². The number of anilines is 1. The van der Waals surface area contributed by atoms with Crippen molar-refractivity contribution >= 4 is 15.7 Å². The zero-order valence-electron chi connectivity index (χ0n) is 11.7. The van der Waals surface area contributed by atoms with Gasteiger partial charge in [-0.05, 0) is 17.7 Å². The first kappa shape index (κ1) is 15.5. The highest BCUT2D eigenvalue weighted by atomic mass is 32.2. The van der Waals surface area contributed by atoms with E-state index in [2.05, 4.69) is 0 Å². The molecule has 2 aromatic rings. The van der Waals surface area contributed by atoms with E-state index in [4.69, 9.17) is 5.73 Å². The van der Waals surface area contributed by atoms with Crippen molar-refractivity contribution in [3.63, 3.8) is 0 Å². The quantitative estimate of drug-likeness (QED) is 0.863. The smallest absolute Gasteiger partial charge is 0.218 e. The van der Waals surface area contributed by atoms with E-state index in [1.165, 1.54) is 13.1 Å². The highest BCUT2D eigenvalue weighted by molar-refractivity contribution is 7.88. The first-order chi connectivity index (χ1) is 9.90. The van der Waals surface area contributed by atoms with E-state index in [-0.39, 0.29) is 12.3 Å². The lowest BCUT2D eigenvalue weighted by Gasteiger charge is -2.18. The van der Waals surface area contributed by atoms with Gasteiger partial charge in [-0.25, -0.2) is 17.1 Å². The van der Waals surface area contributed by atoms with E-state index in [1.807, 2.05) is 0 Å². The Kier molecular flexibility index (Phi) is 4.59. The third-order valence-electron chi connectivity index (χ3n) is 3.22. The minimum absolute atomic E-state index is 0.0122. The topological polar surface area (TPSA) is 63.4 Å². The number of halogens is 1. The lowest BCUT2D eigenvalue weighted by atomic mass is 10.2. The molecule has 0 aliphatic carbocycles. The summed E-state index contributed by atoms with van der Waals surface area (Å²) in [5.41, 5.74) is 7.07. The molecule has 0 heterocycles. The molecule has 6 heteroatoms. The van der Waals surface area contributed by atoms with Crippen molar-refractivity contribution in [2.24, 2.45) is 0 Å². The number of nitrogen functional groups attached to an aromatic ring is 1. The molecule has 0 aromatic heterocycles. The molecule has 4 nitrogen and oxygen atoms in total. The Balaban J connectivity index is 2.16. The maximum atomic E-state index is 13.6. The van der Waals surface area contributed by atoms with Crippen molar-refractivity contribution in [2.75, 3.05) is 12.8 Å². The Bertz CT molecular complexity index is 732. The molecule has 2 rings (SSSR count). The number of hydrogen-bond acceptors (Lipinski definition) is 3. The van der Waals surface area contributed by atoms with Gasteiger partial charge >= 0.3 is 0 Å². The van der Waals surface area contributed by atoms with Crippen molar-refractivity contribution < 1.29 is 12.8 Å². The number of para-hydroxylation sites is 1. The van der Waals surface area contributed by atoms with Crippen LogP contribution in [0.1, 0.15) is 11.1 Å². The van der Waals surface area contributed by atoms with E-state index in [0.29, 0.717) is 16.8 Å². The fraction of sp³-hybridized carbons (Fsp3) is 0.200. The third kappa shape index (κ3) is 3.80. The monoisotopic (exact) mass is 308 g/mol. The van der Waals surface area contributed by atoms with Crippen LogP contribution in [-0.4, -0.2) is 19.8 Å². The van der Waals surface area contributed by atoms with Gasteiger partial charge in [-0.2, -0.15) is 0 Å². The van der Waals surface area contributed by atoms with Crippen LogP contribution >= 0.6 is 0 Å². The molecule has 0 unspecified atom stereocenters. The molecular weight excluding hydrogens is 291 g/mol. The van der Waals surface area contributed by atoms with Crippen molar-refractivity contribution in [2.45, 2.75) is 12.3 Å². The SMILES string of the molecule is CN(Cc1ccccc1F)S(=O)(=O)Cc1ccccc1N. The summed E-state index contributed by atoms with van der Waals surface area (Å²) in [6.45, 7) is -0.0122. The predicted octanol–water partition coefficient (Wildman–Crippen LogP) is 2.37. The van der Waals surface area contributed by atoms with Crippen LogP contribution in [-0.2, 0) is 22.3 Å². The Labute approximate surface area is 124 Å². The lowest BCUT2D eigenvalue weighted by Crippen LogP contribution is -2.28. The Hall–Kier alpha value is -1.92. The highest BCUT2D eigenvalue weighted by Gasteiger charge is 2.20. The average molecular weight is 308 g/mol. The molecule has 0 fully saturated rings. The molecule has 21 heavy (non-hydrogen) atoms. The van der Waals surface area contributed by atoms with Crippen molar-refractivity contribution in [3.05, 3.63) is 65.5 Å². The molecule has 112 valence electrons. The molecule has 0 saturated heterocycles. The van der Waals surface area contributed by atoms with Gasteiger partial charge in [0.2, 0.25) is 10.0 Å². The second-order valence-corrected chi connectivity index (χ2v) is 6.88. The van der Waals surface area contributed by atoms with Crippen LogP contribution in [0.2, 0.25) is 0 Å². The van der Waals surface area contributed by atoms with Gasteiger partial charge < -0.3 is 5.73 Å². The standard InChI is InChI=1S/C15H17FN2O2S/c1-18(10-12-6-2-4-8-14(12)16)21(19,20)11-13-7-3-5-9-15(13)17/h2-9H,10-11,17H2,1H3. The zero-order valence-corrected chi connectivity index (χ0v) is 12.5. The van der Waals surface area contributed by atoms with Gasteiger partial charge in [-0.3, -0.25) is 0 Å². The molecule has 2 N–H and O–H groups in total. The summed E-state index contributed by atoms with van der Waals surface area (Å²) in [6.07, 6.45) is 0. The Morgan fingerprint density at radius 2 is 1.62 bits per heavy atom. The van der Waals surface area contributed by atoms with Gasteiger partial charge in [0.1, 0.15) is 5.82 Å². The maximum Gasteiger partial charge on any atom is 0.218 e. The van der Waals surface area contributed by atoms with E-state index < -0.39 is 15.8 Å². The first-order valence-electron chi connectivity index (χ1n) is 6.41. The fourth-order valence-electron chi connectivity index (χ4n) is 1.94. The molecule has 0 radical (unpaired) electrons. The van der Waals surface area contributed by atoms with E-state index in [0.717, 1.165) is 4.31 Å². The molecule has 0 saturated carbocycles. The van der Waals surface area contributed by atoms with Crippen molar-refractivity contribution in [3.8, 4) is 0 Å². The van der Waals surface area contributed by atoms with Gasteiger partial charge in [-0.15, -0.1) is 0 Å². The van der Waals surface area contributed by atoms with Crippen LogP contribution in [0.25, 0.3) is 0 Å². The summed E-state index contributed by atoms with van der Waals surface area (Å²) in [5, 5.41) is 0. The van der Waals surface area contributed by atoms with E-state index in [1.54, 1.807) is 42.5 Å². The molecule has 0 bridgehead atoms. The van der Waals surface area contributed by atoms with Crippen molar-refractivity contribution in [1.82, 2.24) is 4.31 Å². The largest absolute Gasteiger partial charge is 0.398 e. The third-order valence-corrected chi connectivity index (χ3v) is 4.97. The summed E-state index contributed by atoms with van der Waals surface area (Å²) in [7, 11) is -2.13. The molecular formula is C15H17FN2O2S. The Morgan fingerprint density at radius 1 is 1.05 bits per heavy atom. The van der Waals surface area contributed by atoms with Crippen LogP contribution in [0.5, 0.6) is 0 Å². The van der Waals surface area contributed by atoms with Gasteiger partial charge in [-0.1, -0.05) is 36.4 Å². The molecule has 2 aromatic carbocycles. The number of nitrogens with two attached hydrogens (primary N) is 1. The van der Waals surface area contributed by atoms with Crippen LogP contribution in [0.3, 0.4) is 0 Å². The normalized spacial score (nSPS) is 11.8. The van der Waals surface area contributed by atoms with Gasteiger partial charge in [0.15, 0.2) is 0 Å². The van der Waals surface area contributed by atoms with Crippen LogP contribution in [0.15, 0.2) is 48.5 Å². The minimum atomic E-state index is -3.56. The number of rotatable bonds is 5. The average Bonchev–Trinajstić information content (AvgIpc) is 2.43. The summed E-state index contributed by atoms with van der Waals surface area (Å²) < 4.78 is 39.4. The molecule has 0 aliphatic rings. The second kappa shape index (κ2) is 6.24. The summed E-state index contributed by atoms with van der Waals surface area (Å²) >= 11 is 0. The molecule has 0 aliphatic heterocycles. The summed E-state index contributed by atoms with van der Waals surface area (Å²) in [4.78, 5) is 0. The minimum Gasteiger partial charge on any atom is -0.398 e. The van der Waals surface area contributed by atoms with Crippen LogP contribution in [0.4, 0.5) is 10.1 Å². The number of benzene rings is 2.